The number of aromatic nitrogens is 1. The number of aliphatic hydroxyl groups is 4. The number of rotatable bonds is 11. The third kappa shape index (κ3) is 7.95. The molecule has 1 aromatic carbocycles. The Kier molecular flexibility index (Phi) is 8.93. The predicted octanol–water partition coefficient (Wildman–Crippen LogP) is -1.13. The molecule has 0 radical (unpaired) electrons. The number of carbonyl (C=O) groups is 1. The topological polar surface area (TPSA) is 134 Å². The molecule has 0 saturated heterocycles. The molecule has 2 aromatic rings. The minimum atomic E-state index is -3.09. The summed E-state index contributed by atoms with van der Waals surface area (Å²) >= 11 is 0. The van der Waals surface area contributed by atoms with Gasteiger partial charge in [-0.25, -0.2) is 4.39 Å². The first-order valence-electron chi connectivity index (χ1n) is 13.3. The van der Waals surface area contributed by atoms with Crippen LogP contribution in [-0.4, -0.2) is 50.2 Å². The molecule has 0 amide bonds. The molecule has 7 nitrogen and oxygen atoms in total. The standard InChI is InChI=1S/C25H32FNO6.Na/c1-14(2)24-20(9-8-18(30)10-19(31)11-22(32)33)23(16-4-6-17(26)7-5-16)21(13-29)25(27-24)15(3)12-28;/h4-9,14-15,18-19,28-31H,10-13H2,1-3H3,(H,32,33);/q;+1/p-1/b9-8+;/t15-,18-,19-;/m0./s1/i1D3,2D3;. The third-order valence-electron chi connectivity index (χ3n) is 5.10. The number of carboxylic acids is 1. The SMILES string of the molecule is [2H]C([2H])([2H])C(c1nc([C@@H](C)CO)c(CO)c(-c2ccc(F)cc2)c1/C=C/[C@H](O)C[C@H](O)CC(=O)[O-])C([2H])([2H])[2H].[Na+]. The maximum Gasteiger partial charge on any atom is 1.00 e. The Labute approximate surface area is 229 Å². The summed E-state index contributed by atoms with van der Waals surface area (Å²) in [7, 11) is 0. The minimum Gasteiger partial charge on any atom is -0.550 e. The van der Waals surface area contributed by atoms with Gasteiger partial charge in [-0.05, 0) is 29.2 Å². The van der Waals surface area contributed by atoms with E-state index in [1.165, 1.54) is 25.1 Å². The largest absolute Gasteiger partial charge is 1.00 e. The molecule has 1 heterocycles. The van der Waals surface area contributed by atoms with Gasteiger partial charge < -0.3 is 30.3 Å². The van der Waals surface area contributed by atoms with E-state index < -0.39 is 81.3 Å². The first-order chi connectivity index (χ1) is 18.0. The minimum absolute atomic E-state index is 0. The van der Waals surface area contributed by atoms with E-state index in [4.69, 9.17) is 8.22 Å². The van der Waals surface area contributed by atoms with Gasteiger partial charge in [0.15, 0.2) is 0 Å². The summed E-state index contributed by atoms with van der Waals surface area (Å²) in [5.74, 6) is -5.03. The van der Waals surface area contributed by atoms with Crippen LogP contribution in [0.15, 0.2) is 30.3 Å². The maximum atomic E-state index is 13.8. The number of pyridine rings is 1. The number of benzene rings is 1. The van der Waals surface area contributed by atoms with Crippen LogP contribution in [0.3, 0.4) is 0 Å². The van der Waals surface area contributed by atoms with Gasteiger partial charge >= 0.3 is 29.6 Å². The predicted molar refractivity (Wildman–Crippen MR) is 120 cm³/mol. The zero-order valence-electron chi connectivity index (χ0n) is 25.0. The summed E-state index contributed by atoms with van der Waals surface area (Å²) in [4.78, 5) is 15.1. The van der Waals surface area contributed by atoms with Crippen molar-refractivity contribution in [2.45, 2.75) is 64.1 Å². The zero-order valence-corrected chi connectivity index (χ0v) is 21.0. The molecule has 3 atom stereocenters. The average molecular weight is 490 g/mol. The van der Waals surface area contributed by atoms with Crippen molar-refractivity contribution in [2.75, 3.05) is 6.61 Å². The van der Waals surface area contributed by atoms with Gasteiger partial charge in [0.1, 0.15) is 5.82 Å². The summed E-state index contributed by atoms with van der Waals surface area (Å²) in [5, 5.41) is 51.2. The fourth-order valence-corrected chi connectivity index (χ4v) is 3.51. The first kappa shape index (κ1) is 21.6. The van der Waals surface area contributed by atoms with Crippen LogP contribution in [0.2, 0.25) is 0 Å². The van der Waals surface area contributed by atoms with Crippen LogP contribution in [0.1, 0.15) is 76.0 Å². The van der Waals surface area contributed by atoms with Crippen molar-refractivity contribution >= 4 is 12.0 Å². The third-order valence-corrected chi connectivity index (χ3v) is 5.10. The number of hydrogen-bond acceptors (Lipinski definition) is 7. The molecular formula is C25H31FNNaO6. The van der Waals surface area contributed by atoms with Crippen LogP contribution in [-0.2, 0) is 11.4 Å². The van der Waals surface area contributed by atoms with E-state index in [0.29, 0.717) is 0 Å². The number of nitrogens with zero attached hydrogens (tertiary/aromatic N) is 1. The van der Waals surface area contributed by atoms with Gasteiger partial charge in [-0.1, -0.05) is 44.9 Å². The van der Waals surface area contributed by atoms with E-state index in [2.05, 4.69) is 4.98 Å². The van der Waals surface area contributed by atoms with Crippen molar-refractivity contribution in [3.63, 3.8) is 0 Å². The van der Waals surface area contributed by atoms with Gasteiger partial charge in [-0.15, -0.1) is 0 Å². The summed E-state index contributed by atoms with van der Waals surface area (Å²) < 4.78 is 61.7. The summed E-state index contributed by atoms with van der Waals surface area (Å²) in [6.07, 6.45) is -1.84. The summed E-state index contributed by atoms with van der Waals surface area (Å²) in [5.41, 5.74) is -0.0138. The Bertz CT molecular complexity index is 1160. The Morgan fingerprint density at radius 2 is 1.85 bits per heavy atom. The molecule has 0 fully saturated rings. The van der Waals surface area contributed by atoms with E-state index in [0.717, 1.165) is 18.2 Å². The van der Waals surface area contributed by atoms with E-state index >= 15 is 0 Å². The molecule has 0 aliphatic carbocycles. The van der Waals surface area contributed by atoms with Crippen LogP contribution in [0, 0.1) is 5.82 Å². The molecule has 0 unspecified atom stereocenters. The Morgan fingerprint density at radius 1 is 1.21 bits per heavy atom. The summed E-state index contributed by atoms with van der Waals surface area (Å²) in [6.45, 7) is -5.79. The number of carbonyl (C=O) groups excluding carboxylic acids is 1. The van der Waals surface area contributed by atoms with Gasteiger partial charge in [0.05, 0.1) is 36.8 Å². The smallest absolute Gasteiger partial charge is 0.550 e. The second kappa shape index (κ2) is 14.0. The second-order valence-electron chi connectivity index (χ2n) is 7.72. The van der Waals surface area contributed by atoms with Crippen LogP contribution in [0.4, 0.5) is 4.39 Å². The zero-order chi connectivity index (χ0) is 29.7. The van der Waals surface area contributed by atoms with Gasteiger partial charge in [0.25, 0.3) is 0 Å². The van der Waals surface area contributed by atoms with E-state index in [1.54, 1.807) is 0 Å². The Balaban J connectivity index is 0.00000800. The first-order valence-corrected chi connectivity index (χ1v) is 10.3. The van der Waals surface area contributed by atoms with Gasteiger partial charge in [-0.3, -0.25) is 4.98 Å². The quantitative estimate of drug-likeness (QED) is 0.294. The molecule has 0 bridgehead atoms. The monoisotopic (exact) mass is 489 g/mol. The van der Waals surface area contributed by atoms with Gasteiger partial charge in [-0.2, -0.15) is 0 Å². The Hall–Kier alpha value is -1.65. The van der Waals surface area contributed by atoms with Crippen molar-refractivity contribution in [3.8, 4) is 11.1 Å². The summed E-state index contributed by atoms with van der Waals surface area (Å²) in [6, 6.07) is 4.88. The molecule has 0 aliphatic rings. The fraction of sp³-hybridized carbons (Fsp3) is 0.440. The molecular weight excluding hydrogens is 452 g/mol. The van der Waals surface area contributed by atoms with Gasteiger partial charge in [0.2, 0.25) is 0 Å². The molecule has 34 heavy (non-hydrogen) atoms. The maximum absolute atomic E-state index is 13.8. The number of hydrogen-bond donors (Lipinski definition) is 4. The molecule has 4 N–H and O–H groups in total. The van der Waals surface area contributed by atoms with Crippen molar-refractivity contribution in [2.24, 2.45) is 0 Å². The molecule has 180 valence electrons. The number of aliphatic hydroxyl groups excluding tert-OH is 4. The van der Waals surface area contributed by atoms with Gasteiger partial charge in [0, 0.05) is 44.1 Å². The van der Waals surface area contributed by atoms with E-state index in [1.807, 2.05) is 0 Å². The fourth-order valence-electron chi connectivity index (χ4n) is 3.51. The second-order valence-corrected chi connectivity index (χ2v) is 7.72. The average Bonchev–Trinajstić information content (AvgIpc) is 2.80. The van der Waals surface area contributed by atoms with Crippen LogP contribution < -0.4 is 34.7 Å². The van der Waals surface area contributed by atoms with E-state index in [-0.39, 0.29) is 57.5 Å². The molecule has 9 heteroatoms. The van der Waals surface area contributed by atoms with Crippen molar-refractivity contribution in [3.05, 3.63) is 58.7 Å². The molecule has 0 aliphatic heterocycles. The number of aliphatic carboxylic acids is 1. The van der Waals surface area contributed by atoms with Crippen LogP contribution in [0.5, 0.6) is 0 Å². The number of halogens is 1. The molecule has 0 saturated carbocycles. The molecule has 0 spiro atoms. The Morgan fingerprint density at radius 3 is 2.38 bits per heavy atom. The van der Waals surface area contributed by atoms with E-state index in [9.17, 15) is 34.7 Å². The molecule has 1 aromatic heterocycles. The molecule has 2 rings (SSSR count). The van der Waals surface area contributed by atoms with Crippen molar-refractivity contribution < 1.29 is 72.5 Å². The van der Waals surface area contributed by atoms with Crippen LogP contribution >= 0.6 is 0 Å². The van der Waals surface area contributed by atoms with Crippen LogP contribution in [0.25, 0.3) is 17.2 Å². The van der Waals surface area contributed by atoms with Crippen molar-refractivity contribution in [1.29, 1.82) is 0 Å². The normalized spacial score (nSPS) is 17.5. The number of carboxylic acid groups (broad SMARTS) is 1. The van der Waals surface area contributed by atoms with Crippen molar-refractivity contribution in [1.82, 2.24) is 4.98 Å².